The van der Waals surface area contributed by atoms with Crippen LogP contribution >= 0.6 is 43.5 Å². The number of halogens is 5. The van der Waals surface area contributed by atoms with Crippen LogP contribution in [0.4, 0.5) is 8.78 Å². The molecule has 2 rings (SSSR count). The largest absolute Gasteiger partial charge is 0.206 e. The van der Waals surface area contributed by atoms with E-state index in [1.807, 2.05) is 0 Å². The van der Waals surface area contributed by atoms with Gasteiger partial charge in [0.15, 0.2) is 0 Å². The van der Waals surface area contributed by atoms with Gasteiger partial charge in [0.05, 0.1) is 14.3 Å². The average Bonchev–Trinajstić information content (AvgIpc) is 2.35. The van der Waals surface area contributed by atoms with Gasteiger partial charge in [0.25, 0.3) is 0 Å². The highest BCUT2D eigenvalue weighted by Gasteiger charge is 2.13. The molecule has 0 saturated heterocycles. The second-order valence-electron chi connectivity index (χ2n) is 3.71. The zero-order valence-electron chi connectivity index (χ0n) is 8.93. The van der Waals surface area contributed by atoms with E-state index in [0.717, 1.165) is 11.1 Å². The van der Waals surface area contributed by atoms with Crippen LogP contribution in [0.1, 0.15) is 16.0 Å². The van der Waals surface area contributed by atoms with Crippen molar-refractivity contribution in [3.05, 3.63) is 68.7 Å². The number of benzene rings is 2. The zero-order chi connectivity index (χ0) is 13.3. The van der Waals surface area contributed by atoms with Gasteiger partial charge >= 0.3 is 0 Å². The lowest BCUT2D eigenvalue weighted by Gasteiger charge is -2.12. The van der Waals surface area contributed by atoms with Gasteiger partial charge in [-0.2, -0.15) is 0 Å². The quantitative estimate of drug-likeness (QED) is 0.558. The van der Waals surface area contributed by atoms with Gasteiger partial charge in [-0.1, -0.05) is 39.7 Å². The van der Waals surface area contributed by atoms with Gasteiger partial charge in [0, 0.05) is 0 Å². The predicted octanol–water partition coefficient (Wildman–Crippen LogP) is 5.87. The molecule has 0 heterocycles. The molecule has 2 aromatic carbocycles. The van der Waals surface area contributed by atoms with E-state index in [-0.39, 0.29) is 15.7 Å². The normalized spacial score (nSPS) is 12.5. The molecule has 0 fully saturated rings. The van der Waals surface area contributed by atoms with Crippen LogP contribution in [0.25, 0.3) is 0 Å². The molecular weight excluding hydrogens is 389 g/mol. The van der Waals surface area contributed by atoms with Crippen molar-refractivity contribution in [2.45, 2.75) is 4.83 Å². The first-order valence-electron chi connectivity index (χ1n) is 5.03. The highest BCUT2D eigenvalue weighted by molar-refractivity contribution is 9.10. The second kappa shape index (κ2) is 5.68. The Morgan fingerprint density at radius 2 is 1.56 bits per heavy atom. The molecule has 0 aromatic heterocycles. The van der Waals surface area contributed by atoms with E-state index in [4.69, 9.17) is 11.6 Å². The maximum Gasteiger partial charge on any atom is 0.142 e. The van der Waals surface area contributed by atoms with Crippen LogP contribution in [-0.2, 0) is 0 Å². The summed E-state index contributed by atoms with van der Waals surface area (Å²) < 4.78 is 26.9. The van der Waals surface area contributed by atoms with Crippen molar-refractivity contribution in [2.75, 3.05) is 0 Å². The van der Waals surface area contributed by atoms with Crippen molar-refractivity contribution in [2.24, 2.45) is 0 Å². The molecule has 18 heavy (non-hydrogen) atoms. The van der Waals surface area contributed by atoms with Gasteiger partial charge < -0.3 is 0 Å². The highest BCUT2D eigenvalue weighted by Crippen LogP contribution is 2.34. The first kappa shape index (κ1) is 14.0. The third-order valence-electron chi connectivity index (χ3n) is 2.47. The van der Waals surface area contributed by atoms with Crippen molar-refractivity contribution in [1.29, 1.82) is 0 Å². The van der Waals surface area contributed by atoms with E-state index in [1.165, 1.54) is 18.2 Å². The summed E-state index contributed by atoms with van der Waals surface area (Å²) in [6.45, 7) is 0. The molecule has 94 valence electrons. The minimum absolute atomic E-state index is 0.0822. The van der Waals surface area contributed by atoms with Gasteiger partial charge in [0.2, 0.25) is 0 Å². The third kappa shape index (κ3) is 2.92. The molecule has 0 nitrogen and oxygen atoms in total. The molecule has 2 aromatic rings. The first-order chi connectivity index (χ1) is 8.49. The van der Waals surface area contributed by atoms with Gasteiger partial charge in [0.1, 0.15) is 11.6 Å². The molecule has 0 saturated carbocycles. The fourth-order valence-electron chi connectivity index (χ4n) is 1.53. The summed E-state index contributed by atoms with van der Waals surface area (Å²) in [5, 5.41) is 0.0822. The second-order valence-corrected chi connectivity index (χ2v) is 5.89. The molecule has 0 aliphatic heterocycles. The molecule has 0 aliphatic rings. The Hall–Kier alpha value is -0.450. The molecule has 1 atom stereocenters. The van der Waals surface area contributed by atoms with E-state index in [0.29, 0.717) is 4.47 Å². The van der Waals surface area contributed by atoms with E-state index in [2.05, 4.69) is 31.9 Å². The Bertz CT molecular complexity index is 536. The molecule has 1 unspecified atom stereocenters. The van der Waals surface area contributed by atoms with Crippen LogP contribution in [0.5, 0.6) is 0 Å². The lowest BCUT2D eigenvalue weighted by atomic mass is 10.0. The minimum Gasteiger partial charge on any atom is -0.206 e. The minimum atomic E-state index is -0.472. The lowest BCUT2D eigenvalue weighted by Crippen LogP contribution is -1.95. The Labute approximate surface area is 125 Å². The van der Waals surface area contributed by atoms with Crippen LogP contribution in [0.3, 0.4) is 0 Å². The van der Waals surface area contributed by atoms with Crippen molar-refractivity contribution in [1.82, 2.24) is 0 Å². The number of rotatable bonds is 2. The zero-order valence-corrected chi connectivity index (χ0v) is 12.9. The SMILES string of the molecule is Fc1cc(C(Br)c2ccc(F)c(Br)c2)ccc1Cl. The summed E-state index contributed by atoms with van der Waals surface area (Å²) in [6, 6.07) is 9.24. The van der Waals surface area contributed by atoms with Gasteiger partial charge in [-0.25, -0.2) is 8.78 Å². The molecule has 0 aliphatic carbocycles. The van der Waals surface area contributed by atoms with E-state index >= 15 is 0 Å². The lowest BCUT2D eigenvalue weighted by molar-refractivity contribution is 0.620. The van der Waals surface area contributed by atoms with Crippen molar-refractivity contribution in [3.8, 4) is 0 Å². The van der Waals surface area contributed by atoms with E-state index in [1.54, 1.807) is 18.2 Å². The third-order valence-corrected chi connectivity index (χ3v) is 4.44. The maximum atomic E-state index is 13.4. The monoisotopic (exact) mass is 394 g/mol. The van der Waals surface area contributed by atoms with E-state index < -0.39 is 5.82 Å². The Kier molecular flexibility index (Phi) is 4.41. The average molecular weight is 396 g/mol. The number of hydrogen-bond acceptors (Lipinski definition) is 0. The summed E-state index contributed by atoms with van der Waals surface area (Å²) in [5.41, 5.74) is 1.54. The molecule has 5 heteroatoms. The number of alkyl halides is 1. The first-order valence-corrected chi connectivity index (χ1v) is 7.11. The molecule has 0 spiro atoms. The number of hydrogen-bond donors (Lipinski definition) is 0. The van der Waals surface area contributed by atoms with Crippen molar-refractivity contribution >= 4 is 43.5 Å². The van der Waals surface area contributed by atoms with Crippen LogP contribution < -0.4 is 0 Å². The smallest absolute Gasteiger partial charge is 0.142 e. The van der Waals surface area contributed by atoms with Crippen LogP contribution in [0.15, 0.2) is 40.9 Å². The molecule has 0 amide bonds. The van der Waals surface area contributed by atoms with Gasteiger partial charge in [-0.05, 0) is 51.3 Å². The molecule has 0 radical (unpaired) electrons. The summed E-state index contributed by atoms with van der Waals surface area (Å²) in [5.74, 6) is -0.805. The predicted molar refractivity (Wildman–Crippen MR) is 76.3 cm³/mol. The van der Waals surface area contributed by atoms with Crippen molar-refractivity contribution < 1.29 is 8.78 Å². The van der Waals surface area contributed by atoms with Crippen LogP contribution in [0.2, 0.25) is 5.02 Å². The van der Waals surface area contributed by atoms with Gasteiger partial charge in [-0.15, -0.1) is 0 Å². The fraction of sp³-hybridized carbons (Fsp3) is 0.0769. The topological polar surface area (TPSA) is 0 Å². The summed E-state index contributed by atoms with van der Waals surface area (Å²) >= 11 is 12.2. The maximum absolute atomic E-state index is 13.4. The van der Waals surface area contributed by atoms with Crippen LogP contribution in [-0.4, -0.2) is 0 Å². The Balaban J connectivity index is 2.37. The Morgan fingerprint density at radius 3 is 2.17 bits per heavy atom. The van der Waals surface area contributed by atoms with Crippen molar-refractivity contribution in [3.63, 3.8) is 0 Å². The molecule has 0 N–H and O–H groups in total. The summed E-state index contributed by atoms with van der Waals surface area (Å²) in [4.78, 5) is -0.221. The summed E-state index contributed by atoms with van der Waals surface area (Å²) in [6.07, 6.45) is 0. The van der Waals surface area contributed by atoms with Crippen LogP contribution in [0, 0.1) is 11.6 Å². The molecule has 0 bridgehead atoms. The van der Waals surface area contributed by atoms with Gasteiger partial charge in [-0.3, -0.25) is 0 Å². The Morgan fingerprint density at radius 1 is 0.944 bits per heavy atom. The summed E-state index contributed by atoms with van der Waals surface area (Å²) in [7, 11) is 0. The fourth-order valence-corrected chi connectivity index (χ4v) is 2.62. The highest BCUT2D eigenvalue weighted by atomic mass is 79.9. The molecular formula is C13H7Br2ClF2. The standard InChI is InChI=1S/C13H7Br2ClF2/c14-9-5-7(2-4-11(9)17)13(15)8-1-3-10(16)12(18)6-8/h1-6,13H. The van der Waals surface area contributed by atoms with E-state index in [9.17, 15) is 8.78 Å².